The van der Waals surface area contributed by atoms with Gasteiger partial charge >= 0.3 is 0 Å². The van der Waals surface area contributed by atoms with Crippen molar-refractivity contribution in [2.45, 2.75) is 10.1 Å². The fourth-order valence-electron chi connectivity index (χ4n) is 2.89. The summed E-state index contributed by atoms with van der Waals surface area (Å²) in [4.78, 5) is 14.0. The van der Waals surface area contributed by atoms with Crippen LogP contribution < -0.4 is 5.11 Å². The molecule has 31 heavy (non-hydrogen) atoms. The Bertz CT molecular complexity index is 1280. The van der Waals surface area contributed by atoms with Gasteiger partial charge in [-0.05, 0) is 60.7 Å². The number of aromatic nitrogens is 1. The number of aliphatic carboxylic acids is 1. The number of pyridine rings is 1. The molecule has 1 unspecified atom stereocenters. The number of hydrogen-bond donors (Lipinski definition) is 0. The molecule has 160 valence electrons. The zero-order chi connectivity index (χ0) is 22.8. The number of sulfone groups is 1. The molecule has 2 aromatic carbocycles. The largest absolute Gasteiger partial charge is 0.545 e. The standard InChI is InChI=1S/C21H13ClF3NO4S/c22-12-1-5-15(6-2-12)31(29,30)21(16-9-13(23)3-7-18(16)24)17-10-14(4-8-20(27)28)26-11-19(17)25/h1-11,21H,(H,27,28)/p-1/b8-4+. The van der Waals surface area contributed by atoms with E-state index >= 15 is 0 Å². The Kier molecular flexibility index (Phi) is 6.47. The van der Waals surface area contributed by atoms with Crippen LogP contribution >= 0.6 is 11.6 Å². The van der Waals surface area contributed by atoms with E-state index in [-0.39, 0.29) is 15.6 Å². The van der Waals surface area contributed by atoms with Gasteiger partial charge < -0.3 is 9.90 Å². The summed E-state index contributed by atoms with van der Waals surface area (Å²) in [6.45, 7) is 0. The molecule has 0 fully saturated rings. The van der Waals surface area contributed by atoms with E-state index in [0.29, 0.717) is 18.3 Å². The number of rotatable bonds is 6. The van der Waals surface area contributed by atoms with Gasteiger partial charge in [0.15, 0.2) is 9.84 Å². The van der Waals surface area contributed by atoms with Crippen molar-refractivity contribution in [2.24, 2.45) is 0 Å². The molecule has 10 heteroatoms. The van der Waals surface area contributed by atoms with Crippen molar-refractivity contribution >= 4 is 33.5 Å². The number of carbonyl (C=O) groups is 1. The topological polar surface area (TPSA) is 87.2 Å². The molecular weight excluding hydrogens is 455 g/mol. The van der Waals surface area contributed by atoms with Crippen molar-refractivity contribution in [3.63, 3.8) is 0 Å². The number of halogens is 4. The molecular formula is C21H12ClF3NO4S-. The first-order valence-corrected chi connectivity index (χ1v) is 10.5. The normalized spacial score (nSPS) is 12.8. The summed E-state index contributed by atoms with van der Waals surface area (Å²) in [5.41, 5.74) is -1.31. The van der Waals surface area contributed by atoms with Crippen LogP contribution in [-0.4, -0.2) is 19.4 Å². The number of benzene rings is 2. The average Bonchev–Trinajstić information content (AvgIpc) is 2.71. The van der Waals surface area contributed by atoms with Crippen LogP contribution in [0.2, 0.25) is 5.02 Å². The van der Waals surface area contributed by atoms with E-state index in [1.165, 1.54) is 12.1 Å². The third kappa shape index (κ3) is 4.95. The van der Waals surface area contributed by atoms with E-state index in [9.17, 15) is 31.5 Å². The molecule has 0 amide bonds. The smallest absolute Gasteiger partial charge is 0.189 e. The minimum Gasteiger partial charge on any atom is -0.545 e. The first kappa shape index (κ1) is 22.5. The van der Waals surface area contributed by atoms with Gasteiger partial charge in [-0.15, -0.1) is 0 Å². The van der Waals surface area contributed by atoms with Gasteiger partial charge in [0.2, 0.25) is 0 Å². The summed E-state index contributed by atoms with van der Waals surface area (Å²) in [6.07, 6.45) is 2.22. The lowest BCUT2D eigenvalue weighted by atomic mass is 10.0. The highest BCUT2D eigenvalue weighted by molar-refractivity contribution is 7.91. The maximum absolute atomic E-state index is 14.7. The predicted molar refractivity (Wildman–Crippen MR) is 105 cm³/mol. The number of carbonyl (C=O) groups excluding carboxylic acids is 1. The average molecular weight is 467 g/mol. The van der Waals surface area contributed by atoms with E-state index < -0.39 is 49.6 Å². The number of carboxylic acid groups (broad SMARTS) is 1. The lowest BCUT2D eigenvalue weighted by Crippen LogP contribution is -2.19. The van der Waals surface area contributed by atoms with Crippen LogP contribution in [0, 0.1) is 17.5 Å². The van der Waals surface area contributed by atoms with Gasteiger partial charge in [0.05, 0.1) is 22.8 Å². The van der Waals surface area contributed by atoms with Crippen LogP contribution in [0.5, 0.6) is 0 Å². The maximum atomic E-state index is 14.7. The van der Waals surface area contributed by atoms with Crippen LogP contribution in [0.4, 0.5) is 13.2 Å². The van der Waals surface area contributed by atoms with Crippen molar-refractivity contribution < 1.29 is 31.5 Å². The third-order valence-corrected chi connectivity index (χ3v) is 6.58. The van der Waals surface area contributed by atoms with Crippen LogP contribution in [0.1, 0.15) is 22.1 Å². The molecule has 0 aliphatic carbocycles. The molecule has 0 aliphatic rings. The van der Waals surface area contributed by atoms with Crippen LogP contribution in [0.25, 0.3) is 6.08 Å². The van der Waals surface area contributed by atoms with Crippen LogP contribution in [0.15, 0.2) is 65.7 Å². The van der Waals surface area contributed by atoms with Crippen molar-refractivity contribution in [1.82, 2.24) is 4.98 Å². The molecule has 0 radical (unpaired) electrons. The molecule has 1 atom stereocenters. The highest BCUT2D eigenvalue weighted by Gasteiger charge is 2.35. The Balaban J connectivity index is 2.30. The Morgan fingerprint density at radius 1 is 1.00 bits per heavy atom. The van der Waals surface area contributed by atoms with E-state index in [1.54, 1.807) is 0 Å². The Morgan fingerprint density at radius 3 is 2.29 bits per heavy atom. The molecule has 1 heterocycles. The second kappa shape index (κ2) is 8.91. The SMILES string of the molecule is O=C([O-])/C=C/c1cc(C(c2cc(F)ccc2F)S(=O)(=O)c2ccc(Cl)cc2)c(F)cn1. The van der Waals surface area contributed by atoms with Gasteiger partial charge in [0.25, 0.3) is 0 Å². The fraction of sp³-hybridized carbons (Fsp3) is 0.0476. The van der Waals surface area contributed by atoms with E-state index in [2.05, 4.69) is 4.98 Å². The fourth-order valence-corrected chi connectivity index (χ4v) is 4.84. The minimum atomic E-state index is -4.52. The lowest BCUT2D eigenvalue weighted by molar-refractivity contribution is -0.297. The molecule has 3 aromatic rings. The Labute approximate surface area is 180 Å². The summed E-state index contributed by atoms with van der Waals surface area (Å²) < 4.78 is 70.0. The van der Waals surface area contributed by atoms with E-state index in [1.807, 2.05) is 0 Å². The summed E-state index contributed by atoms with van der Waals surface area (Å²) in [5, 5.41) is 8.87. The molecule has 3 rings (SSSR count). The van der Waals surface area contributed by atoms with Gasteiger partial charge in [-0.1, -0.05) is 11.6 Å². The lowest BCUT2D eigenvalue weighted by Gasteiger charge is -2.20. The minimum absolute atomic E-state index is 0.131. The molecule has 0 aliphatic heterocycles. The highest BCUT2D eigenvalue weighted by Crippen LogP contribution is 2.38. The summed E-state index contributed by atoms with van der Waals surface area (Å²) in [5.74, 6) is -4.68. The van der Waals surface area contributed by atoms with Gasteiger partial charge in [-0.25, -0.2) is 21.6 Å². The quantitative estimate of drug-likeness (QED) is 0.519. The van der Waals surface area contributed by atoms with Crippen molar-refractivity contribution in [3.05, 3.63) is 100 Å². The van der Waals surface area contributed by atoms with Gasteiger partial charge in [-0.2, -0.15) is 0 Å². The van der Waals surface area contributed by atoms with E-state index in [4.69, 9.17) is 11.6 Å². The number of hydrogen-bond acceptors (Lipinski definition) is 5. The summed E-state index contributed by atoms with van der Waals surface area (Å²) in [6, 6.07) is 7.98. The second-order valence-electron chi connectivity index (χ2n) is 6.33. The molecule has 5 nitrogen and oxygen atoms in total. The molecule has 1 aromatic heterocycles. The Hall–Kier alpha value is -3.17. The molecule has 0 bridgehead atoms. The van der Waals surface area contributed by atoms with Crippen molar-refractivity contribution in [2.75, 3.05) is 0 Å². The van der Waals surface area contributed by atoms with E-state index in [0.717, 1.165) is 36.4 Å². The second-order valence-corrected chi connectivity index (χ2v) is 8.80. The number of carboxylic acids is 1. The molecule has 0 spiro atoms. The third-order valence-electron chi connectivity index (χ3n) is 4.27. The Morgan fingerprint density at radius 2 is 1.65 bits per heavy atom. The van der Waals surface area contributed by atoms with Gasteiger partial charge in [0, 0.05) is 16.1 Å². The number of nitrogens with zero attached hydrogens (tertiary/aromatic N) is 1. The molecule has 0 saturated heterocycles. The predicted octanol–water partition coefficient (Wildman–Crippen LogP) is 3.48. The van der Waals surface area contributed by atoms with Crippen molar-refractivity contribution in [1.29, 1.82) is 0 Å². The van der Waals surface area contributed by atoms with Crippen LogP contribution in [0.3, 0.4) is 0 Å². The summed E-state index contributed by atoms with van der Waals surface area (Å²) in [7, 11) is -4.52. The van der Waals surface area contributed by atoms with Gasteiger partial charge in [0.1, 0.15) is 22.7 Å². The van der Waals surface area contributed by atoms with Crippen LogP contribution in [-0.2, 0) is 14.6 Å². The molecule has 0 saturated carbocycles. The molecule has 0 N–H and O–H groups in total. The monoisotopic (exact) mass is 466 g/mol. The zero-order valence-electron chi connectivity index (χ0n) is 15.4. The summed E-state index contributed by atoms with van der Waals surface area (Å²) >= 11 is 5.79. The first-order valence-electron chi connectivity index (χ1n) is 8.58. The first-order chi connectivity index (χ1) is 14.6. The van der Waals surface area contributed by atoms with Gasteiger partial charge in [-0.3, -0.25) is 4.98 Å². The highest BCUT2D eigenvalue weighted by atomic mass is 35.5. The van der Waals surface area contributed by atoms with Crippen molar-refractivity contribution in [3.8, 4) is 0 Å². The zero-order valence-corrected chi connectivity index (χ0v) is 17.0. The maximum Gasteiger partial charge on any atom is 0.189 e.